The highest BCUT2D eigenvalue weighted by molar-refractivity contribution is 5.99. The summed E-state index contributed by atoms with van der Waals surface area (Å²) in [6.45, 7) is 3.58. The van der Waals surface area contributed by atoms with Crippen LogP contribution < -0.4 is 4.90 Å². The lowest BCUT2D eigenvalue weighted by Crippen LogP contribution is -2.35. The van der Waals surface area contributed by atoms with Crippen molar-refractivity contribution in [2.45, 2.75) is 6.92 Å². The lowest BCUT2D eigenvalue weighted by atomic mass is 10.0. The minimum absolute atomic E-state index is 0.102. The molecule has 2 fully saturated rings. The maximum atomic E-state index is 12.7. The van der Waals surface area contributed by atoms with E-state index in [1.165, 1.54) is 0 Å². The van der Waals surface area contributed by atoms with Crippen LogP contribution in [0.2, 0.25) is 0 Å². The van der Waals surface area contributed by atoms with E-state index in [2.05, 4.69) is 0 Å². The van der Waals surface area contributed by atoms with Crippen LogP contribution in [0.5, 0.6) is 0 Å². The molecule has 2 aliphatic heterocycles. The molecule has 4 rings (SSSR count). The number of anilines is 1. The van der Waals surface area contributed by atoms with Crippen molar-refractivity contribution in [3.05, 3.63) is 54.0 Å². The van der Waals surface area contributed by atoms with Gasteiger partial charge in [0.05, 0.1) is 5.92 Å². The summed E-state index contributed by atoms with van der Waals surface area (Å²) in [5, 5.41) is 0. The molecule has 2 aliphatic rings. The van der Waals surface area contributed by atoms with Gasteiger partial charge in [-0.3, -0.25) is 9.59 Å². The molecule has 2 amide bonds. The summed E-state index contributed by atoms with van der Waals surface area (Å²) in [7, 11) is 0. The number of hydrogen-bond donors (Lipinski definition) is 0. The highest BCUT2D eigenvalue weighted by Gasteiger charge is 2.48. The van der Waals surface area contributed by atoms with Gasteiger partial charge in [0.2, 0.25) is 5.91 Å². The van der Waals surface area contributed by atoms with Crippen LogP contribution in [0.15, 0.2) is 46.9 Å². The Morgan fingerprint density at radius 3 is 2.52 bits per heavy atom. The van der Waals surface area contributed by atoms with Crippen LogP contribution in [-0.4, -0.2) is 36.3 Å². The summed E-state index contributed by atoms with van der Waals surface area (Å²) < 4.78 is 5.41. The summed E-state index contributed by atoms with van der Waals surface area (Å²) in [5.41, 5.74) is 0.937. The monoisotopic (exact) mass is 310 g/mol. The van der Waals surface area contributed by atoms with Crippen LogP contribution in [0, 0.1) is 18.8 Å². The van der Waals surface area contributed by atoms with Crippen molar-refractivity contribution >= 4 is 17.5 Å². The Morgan fingerprint density at radius 1 is 1.09 bits per heavy atom. The standard InChI is InChI=1S/C18H18N2O3/c1-12-7-8-16(23-12)18(22)19-9-13-10-20(17(21)15(13)11-19)14-5-3-2-4-6-14/h2-8,13,15H,9-11H2,1H3/t13-,15+/m0/s1. The molecule has 0 unspecified atom stereocenters. The van der Waals surface area contributed by atoms with E-state index in [0.717, 1.165) is 11.4 Å². The number of fused-ring (bicyclic) bond motifs is 1. The minimum Gasteiger partial charge on any atom is -0.456 e. The van der Waals surface area contributed by atoms with Gasteiger partial charge < -0.3 is 14.2 Å². The highest BCUT2D eigenvalue weighted by atomic mass is 16.3. The molecule has 0 spiro atoms. The molecular weight excluding hydrogens is 292 g/mol. The van der Waals surface area contributed by atoms with Gasteiger partial charge in [-0.15, -0.1) is 0 Å². The van der Waals surface area contributed by atoms with Gasteiger partial charge >= 0.3 is 0 Å². The smallest absolute Gasteiger partial charge is 0.289 e. The van der Waals surface area contributed by atoms with E-state index in [9.17, 15) is 9.59 Å². The molecule has 0 saturated carbocycles. The number of aryl methyl sites for hydroxylation is 1. The van der Waals surface area contributed by atoms with E-state index >= 15 is 0 Å². The first-order valence-electron chi connectivity index (χ1n) is 7.85. The Kier molecular flexibility index (Phi) is 3.22. The highest BCUT2D eigenvalue weighted by Crippen LogP contribution is 2.35. The Bertz CT molecular complexity index is 753. The number of carbonyl (C=O) groups is 2. The number of amides is 2. The van der Waals surface area contributed by atoms with Crippen LogP contribution in [0.1, 0.15) is 16.3 Å². The number of carbonyl (C=O) groups excluding carboxylic acids is 2. The second kappa shape index (κ2) is 5.26. The molecular formula is C18H18N2O3. The Hall–Kier alpha value is -2.56. The van der Waals surface area contributed by atoms with E-state index in [1.54, 1.807) is 17.0 Å². The van der Waals surface area contributed by atoms with E-state index in [1.807, 2.05) is 42.2 Å². The van der Waals surface area contributed by atoms with Crippen molar-refractivity contribution in [1.29, 1.82) is 0 Å². The number of rotatable bonds is 2. The largest absolute Gasteiger partial charge is 0.456 e. The zero-order valence-electron chi connectivity index (χ0n) is 12.9. The van der Waals surface area contributed by atoms with Gasteiger partial charge in [0.15, 0.2) is 5.76 Å². The second-order valence-electron chi connectivity index (χ2n) is 6.27. The van der Waals surface area contributed by atoms with Crippen molar-refractivity contribution < 1.29 is 14.0 Å². The molecule has 0 radical (unpaired) electrons. The number of likely N-dealkylation sites (tertiary alicyclic amines) is 1. The van der Waals surface area contributed by atoms with E-state index in [0.29, 0.717) is 25.4 Å². The number of para-hydroxylation sites is 1. The third kappa shape index (κ3) is 2.32. The third-order valence-electron chi connectivity index (χ3n) is 4.75. The fraction of sp³-hybridized carbons (Fsp3) is 0.333. The average Bonchev–Trinajstić information content (AvgIpc) is 3.24. The maximum Gasteiger partial charge on any atom is 0.289 e. The van der Waals surface area contributed by atoms with Gasteiger partial charge in [0, 0.05) is 31.2 Å². The van der Waals surface area contributed by atoms with Crippen molar-refractivity contribution in [1.82, 2.24) is 4.90 Å². The number of hydrogen-bond acceptors (Lipinski definition) is 3. The summed E-state index contributed by atoms with van der Waals surface area (Å²) in [5.74, 6) is 1.17. The fourth-order valence-corrected chi connectivity index (χ4v) is 3.57. The zero-order valence-corrected chi connectivity index (χ0v) is 12.9. The molecule has 0 bridgehead atoms. The number of furan rings is 1. The molecule has 1 aromatic heterocycles. The van der Waals surface area contributed by atoms with Crippen molar-refractivity contribution in [3.63, 3.8) is 0 Å². The summed E-state index contributed by atoms with van der Waals surface area (Å²) in [4.78, 5) is 28.7. The molecule has 0 aliphatic carbocycles. The Morgan fingerprint density at radius 2 is 1.87 bits per heavy atom. The average molecular weight is 310 g/mol. The lowest BCUT2D eigenvalue weighted by molar-refractivity contribution is -0.120. The quantitative estimate of drug-likeness (QED) is 0.855. The molecule has 3 heterocycles. The predicted molar refractivity (Wildman–Crippen MR) is 85.1 cm³/mol. The van der Waals surface area contributed by atoms with Crippen molar-refractivity contribution in [3.8, 4) is 0 Å². The molecule has 118 valence electrons. The summed E-state index contributed by atoms with van der Waals surface area (Å²) in [6, 6.07) is 13.2. The first kappa shape index (κ1) is 14.1. The summed E-state index contributed by atoms with van der Waals surface area (Å²) >= 11 is 0. The minimum atomic E-state index is -0.119. The molecule has 2 aromatic rings. The second-order valence-corrected chi connectivity index (χ2v) is 6.27. The Balaban J connectivity index is 1.49. The van der Waals surface area contributed by atoms with Crippen molar-refractivity contribution in [2.24, 2.45) is 11.8 Å². The van der Waals surface area contributed by atoms with Crippen LogP contribution in [0.4, 0.5) is 5.69 Å². The Labute approximate surface area is 134 Å². The van der Waals surface area contributed by atoms with Crippen LogP contribution in [0.25, 0.3) is 0 Å². The van der Waals surface area contributed by atoms with Crippen LogP contribution >= 0.6 is 0 Å². The molecule has 2 atom stereocenters. The molecule has 0 N–H and O–H groups in total. The van der Waals surface area contributed by atoms with E-state index < -0.39 is 0 Å². The first-order chi connectivity index (χ1) is 11.1. The maximum absolute atomic E-state index is 12.7. The lowest BCUT2D eigenvalue weighted by Gasteiger charge is -2.21. The zero-order chi connectivity index (χ0) is 16.0. The number of nitrogens with zero attached hydrogens (tertiary/aromatic N) is 2. The van der Waals surface area contributed by atoms with Gasteiger partial charge in [-0.1, -0.05) is 18.2 Å². The molecule has 5 nitrogen and oxygen atoms in total. The molecule has 1 aromatic carbocycles. The molecule has 23 heavy (non-hydrogen) atoms. The van der Waals surface area contributed by atoms with Crippen molar-refractivity contribution in [2.75, 3.05) is 24.5 Å². The van der Waals surface area contributed by atoms with Gasteiger partial charge in [0.1, 0.15) is 5.76 Å². The van der Waals surface area contributed by atoms with E-state index in [4.69, 9.17) is 4.42 Å². The fourth-order valence-electron chi connectivity index (χ4n) is 3.57. The normalized spacial score (nSPS) is 23.4. The van der Waals surface area contributed by atoms with Crippen LogP contribution in [-0.2, 0) is 4.79 Å². The summed E-state index contributed by atoms with van der Waals surface area (Å²) in [6.07, 6.45) is 0. The SMILES string of the molecule is Cc1ccc(C(=O)N2C[C@H]3CN(c4ccccc4)C(=O)[C@@H]3C2)o1. The van der Waals surface area contributed by atoms with Gasteiger partial charge in [-0.25, -0.2) is 0 Å². The topological polar surface area (TPSA) is 53.8 Å². The predicted octanol–water partition coefficient (Wildman–Crippen LogP) is 2.32. The third-order valence-corrected chi connectivity index (χ3v) is 4.75. The first-order valence-corrected chi connectivity index (χ1v) is 7.85. The van der Waals surface area contributed by atoms with E-state index in [-0.39, 0.29) is 23.7 Å². The van der Waals surface area contributed by atoms with Gasteiger partial charge in [0.25, 0.3) is 5.91 Å². The molecule has 2 saturated heterocycles. The number of benzene rings is 1. The van der Waals surface area contributed by atoms with Gasteiger partial charge in [-0.05, 0) is 31.2 Å². The molecule has 5 heteroatoms. The van der Waals surface area contributed by atoms with Gasteiger partial charge in [-0.2, -0.15) is 0 Å². The van der Waals surface area contributed by atoms with Crippen LogP contribution in [0.3, 0.4) is 0 Å².